The van der Waals surface area contributed by atoms with Crippen molar-refractivity contribution in [1.29, 1.82) is 0 Å². The summed E-state index contributed by atoms with van der Waals surface area (Å²) in [7, 11) is 1.93. The molecule has 1 heterocycles. The van der Waals surface area contributed by atoms with Crippen LogP contribution >= 0.6 is 0 Å². The van der Waals surface area contributed by atoms with Crippen molar-refractivity contribution < 1.29 is 4.79 Å². The Bertz CT molecular complexity index is 255. The molecule has 0 radical (unpaired) electrons. The molecule has 1 aliphatic rings. The fourth-order valence-corrected chi connectivity index (χ4v) is 2.27. The molecule has 0 spiro atoms. The van der Waals surface area contributed by atoms with Crippen molar-refractivity contribution in [3.8, 4) is 0 Å². The van der Waals surface area contributed by atoms with Crippen molar-refractivity contribution in [2.75, 3.05) is 13.6 Å². The van der Waals surface area contributed by atoms with Crippen LogP contribution in [0.4, 0.5) is 0 Å². The SMILES string of the molecule is CCC1(C(=O)N(C)C(C)(C)CC)CCCN1. The minimum Gasteiger partial charge on any atom is -0.339 e. The molecule has 1 fully saturated rings. The van der Waals surface area contributed by atoms with E-state index in [0.29, 0.717) is 0 Å². The smallest absolute Gasteiger partial charge is 0.243 e. The Labute approximate surface area is 99.6 Å². The molecule has 0 aliphatic carbocycles. The molecule has 1 rings (SSSR count). The maximum absolute atomic E-state index is 12.6. The average molecular weight is 226 g/mol. The van der Waals surface area contributed by atoms with Crippen molar-refractivity contribution in [3.05, 3.63) is 0 Å². The number of nitrogens with zero attached hydrogens (tertiary/aromatic N) is 1. The second kappa shape index (κ2) is 4.74. The van der Waals surface area contributed by atoms with Crippen molar-refractivity contribution in [2.45, 2.75) is 64.5 Å². The first-order chi connectivity index (χ1) is 7.39. The van der Waals surface area contributed by atoms with E-state index in [0.717, 1.165) is 32.2 Å². The summed E-state index contributed by atoms with van der Waals surface area (Å²) in [5.74, 6) is 0.263. The summed E-state index contributed by atoms with van der Waals surface area (Å²) in [5, 5.41) is 3.41. The number of likely N-dealkylation sites (N-methyl/N-ethyl adjacent to an activating group) is 1. The Morgan fingerprint density at radius 1 is 1.44 bits per heavy atom. The molecule has 94 valence electrons. The monoisotopic (exact) mass is 226 g/mol. The maximum Gasteiger partial charge on any atom is 0.243 e. The van der Waals surface area contributed by atoms with E-state index in [1.165, 1.54) is 0 Å². The number of hydrogen-bond donors (Lipinski definition) is 1. The Morgan fingerprint density at radius 3 is 2.44 bits per heavy atom. The van der Waals surface area contributed by atoms with Gasteiger partial charge in [-0.3, -0.25) is 4.79 Å². The largest absolute Gasteiger partial charge is 0.339 e. The fraction of sp³-hybridized carbons (Fsp3) is 0.923. The highest BCUT2D eigenvalue weighted by molar-refractivity contribution is 5.87. The van der Waals surface area contributed by atoms with Gasteiger partial charge < -0.3 is 10.2 Å². The van der Waals surface area contributed by atoms with Crippen LogP contribution in [0.2, 0.25) is 0 Å². The quantitative estimate of drug-likeness (QED) is 0.797. The summed E-state index contributed by atoms with van der Waals surface area (Å²) in [4.78, 5) is 14.5. The van der Waals surface area contributed by atoms with E-state index in [-0.39, 0.29) is 17.0 Å². The standard InChI is InChI=1S/C13H26N2O/c1-6-12(3,4)15(5)11(16)13(7-2)9-8-10-14-13/h14H,6-10H2,1-5H3. The summed E-state index contributed by atoms with van der Waals surface area (Å²) in [6, 6.07) is 0. The van der Waals surface area contributed by atoms with E-state index < -0.39 is 0 Å². The molecular formula is C13H26N2O. The van der Waals surface area contributed by atoms with Crippen LogP contribution in [0.3, 0.4) is 0 Å². The lowest BCUT2D eigenvalue weighted by molar-refractivity contribution is -0.141. The van der Waals surface area contributed by atoms with E-state index in [4.69, 9.17) is 0 Å². The molecule has 0 saturated carbocycles. The van der Waals surface area contributed by atoms with Crippen LogP contribution in [-0.2, 0) is 4.79 Å². The third-order valence-corrected chi connectivity index (χ3v) is 4.33. The van der Waals surface area contributed by atoms with Crippen molar-refractivity contribution in [2.24, 2.45) is 0 Å². The number of amides is 1. The fourth-order valence-electron chi connectivity index (χ4n) is 2.27. The van der Waals surface area contributed by atoms with Gasteiger partial charge in [-0.1, -0.05) is 13.8 Å². The van der Waals surface area contributed by atoms with Crippen LogP contribution < -0.4 is 5.32 Å². The van der Waals surface area contributed by atoms with Gasteiger partial charge in [-0.15, -0.1) is 0 Å². The lowest BCUT2D eigenvalue weighted by Gasteiger charge is -2.40. The Kier molecular flexibility index (Phi) is 4.00. The molecule has 0 aromatic heterocycles. The van der Waals surface area contributed by atoms with Crippen molar-refractivity contribution in [1.82, 2.24) is 10.2 Å². The average Bonchev–Trinajstić information content (AvgIpc) is 2.76. The molecule has 0 bridgehead atoms. The summed E-state index contributed by atoms with van der Waals surface area (Å²) < 4.78 is 0. The van der Waals surface area contributed by atoms with Crippen molar-refractivity contribution >= 4 is 5.91 Å². The van der Waals surface area contributed by atoms with Gasteiger partial charge >= 0.3 is 0 Å². The molecular weight excluding hydrogens is 200 g/mol. The Morgan fingerprint density at radius 2 is 2.06 bits per heavy atom. The third-order valence-electron chi connectivity index (χ3n) is 4.33. The molecule has 1 saturated heterocycles. The van der Waals surface area contributed by atoms with Crippen molar-refractivity contribution in [3.63, 3.8) is 0 Å². The number of nitrogens with one attached hydrogen (secondary N) is 1. The third kappa shape index (κ3) is 2.24. The molecule has 3 nitrogen and oxygen atoms in total. The lowest BCUT2D eigenvalue weighted by atomic mass is 9.89. The normalized spacial score (nSPS) is 25.8. The second-order valence-corrected chi connectivity index (χ2v) is 5.50. The molecule has 3 heteroatoms. The highest BCUT2D eigenvalue weighted by atomic mass is 16.2. The zero-order valence-corrected chi connectivity index (χ0v) is 11.4. The van der Waals surface area contributed by atoms with E-state index in [2.05, 4.69) is 33.0 Å². The van der Waals surface area contributed by atoms with Crippen LogP contribution in [0.25, 0.3) is 0 Å². The van der Waals surface area contributed by atoms with E-state index in [1.54, 1.807) is 0 Å². The first-order valence-electron chi connectivity index (χ1n) is 6.43. The summed E-state index contributed by atoms with van der Waals surface area (Å²) in [6.45, 7) is 9.46. The van der Waals surface area contributed by atoms with Crippen LogP contribution in [0.15, 0.2) is 0 Å². The van der Waals surface area contributed by atoms with Gasteiger partial charge in [0.2, 0.25) is 5.91 Å². The van der Waals surface area contributed by atoms with E-state index in [9.17, 15) is 4.79 Å². The van der Waals surface area contributed by atoms with Gasteiger partial charge in [0.05, 0.1) is 5.54 Å². The molecule has 1 unspecified atom stereocenters. The summed E-state index contributed by atoms with van der Waals surface area (Å²) >= 11 is 0. The number of rotatable bonds is 4. The molecule has 0 aromatic rings. The van der Waals surface area contributed by atoms with Crippen LogP contribution in [-0.4, -0.2) is 35.5 Å². The van der Waals surface area contributed by atoms with Crippen LogP contribution in [0, 0.1) is 0 Å². The van der Waals surface area contributed by atoms with Crippen LogP contribution in [0.5, 0.6) is 0 Å². The molecule has 1 amide bonds. The second-order valence-electron chi connectivity index (χ2n) is 5.50. The number of carbonyl (C=O) groups is 1. The molecule has 1 N–H and O–H groups in total. The molecule has 0 aromatic carbocycles. The summed E-state index contributed by atoms with van der Waals surface area (Å²) in [6.07, 6.45) is 3.96. The molecule has 1 atom stereocenters. The van der Waals surface area contributed by atoms with E-state index >= 15 is 0 Å². The van der Waals surface area contributed by atoms with Gasteiger partial charge in [-0.25, -0.2) is 0 Å². The topological polar surface area (TPSA) is 32.3 Å². The van der Waals surface area contributed by atoms with Gasteiger partial charge in [0.25, 0.3) is 0 Å². The number of carbonyl (C=O) groups excluding carboxylic acids is 1. The Balaban J connectivity index is 2.84. The molecule has 1 aliphatic heterocycles. The van der Waals surface area contributed by atoms with Gasteiger partial charge in [0, 0.05) is 12.6 Å². The van der Waals surface area contributed by atoms with Gasteiger partial charge in [0.15, 0.2) is 0 Å². The first-order valence-corrected chi connectivity index (χ1v) is 6.43. The zero-order valence-electron chi connectivity index (χ0n) is 11.4. The van der Waals surface area contributed by atoms with E-state index in [1.807, 2.05) is 11.9 Å². The summed E-state index contributed by atoms with van der Waals surface area (Å²) in [5.41, 5.74) is -0.343. The first kappa shape index (κ1) is 13.5. The van der Waals surface area contributed by atoms with Gasteiger partial charge in [0.1, 0.15) is 0 Å². The van der Waals surface area contributed by atoms with Gasteiger partial charge in [-0.05, 0) is 46.1 Å². The molecule has 16 heavy (non-hydrogen) atoms. The highest BCUT2D eigenvalue weighted by Crippen LogP contribution is 2.28. The van der Waals surface area contributed by atoms with Gasteiger partial charge in [-0.2, -0.15) is 0 Å². The maximum atomic E-state index is 12.6. The number of hydrogen-bond acceptors (Lipinski definition) is 2. The zero-order chi connectivity index (χ0) is 12.4. The Hall–Kier alpha value is -0.570. The minimum atomic E-state index is -0.290. The predicted octanol–water partition coefficient (Wildman–Crippen LogP) is 2.17. The minimum absolute atomic E-state index is 0.0521. The van der Waals surface area contributed by atoms with Crippen LogP contribution in [0.1, 0.15) is 53.4 Å². The lowest BCUT2D eigenvalue weighted by Crippen LogP contribution is -2.58. The predicted molar refractivity (Wildman–Crippen MR) is 67.4 cm³/mol. The highest BCUT2D eigenvalue weighted by Gasteiger charge is 2.43.